The van der Waals surface area contributed by atoms with Crippen LogP contribution in [0.25, 0.3) is 0 Å². The lowest BCUT2D eigenvalue weighted by Crippen LogP contribution is -2.11. The van der Waals surface area contributed by atoms with E-state index in [0.717, 1.165) is 30.9 Å². The third-order valence-corrected chi connectivity index (χ3v) is 2.42. The Hall–Kier alpha value is -2.17. The molecule has 0 unspecified atom stereocenters. The molecule has 0 aromatic carbocycles. The first-order valence-electron chi connectivity index (χ1n) is 6.02. The largest absolute Gasteiger partial charge is 0.384 e. The molecule has 0 fully saturated rings. The van der Waals surface area contributed by atoms with E-state index in [1.165, 1.54) is 0 Å². The van der Waals surface area contributed by atoms with Gasteiger partial charge in [0.25, 0.3) is 0 Å². The van der Waals surface area contributed by atoms with Crippen molar-refractivity contribution < 1.29 is 0 Å². The van der Waals surface area contributed by atoms with Crippen molar-refractivity contribution in [1.29, 1.82) is 0 Å². The van der Waals surface area contributed by atoms with Crippen LogP contribution in [0.1, 0.15) is 12.1 Å². The highest BCUT2D eigenvalue weighted by Crippen LogP contribution is 2.02. The van der Waals surface area contributed by atoms with Crippen LogP contribution in [0.5, 0.6) is 0 Å². The van der Waals surface area contributed by atoms with E-state index in [2.05, 4.69) is 25.6 Å². The Morgan fingerprint density at radius 2 is 2.00 bits per heavy atom. The molecule has 0 amide bonds. The number of hydrogen-bond donors (Lipinski definition) is 2. The molecule has 0 atom stereocenters. The van der Waals surface area contributed by atoms with Gasteiger partial charge in [0, 0.05) is 37.4 Å². The molecule has 0 saturated carbocycles. The predicted octanol–water partition coefficient (Wildman–Crippen LogP) is 2.09. The fourth-order valence-electron chi connectivity index (χ4n) is 1.52. The maximum atomic E-state index is 4.28. The molecule has 94 valence electrons. The molecule has 5 nitrogen and oxygen atoms in total. The van der Waals surface area contributed by atoms with Gasteiger partial charge in [-0.15, -0.1) is 0 Å². The van der Waals surface area contributed by atoms with Crippen molar-refractivity contribution in [2.75, 3.05) is 23.7 Å². The second-order valence-electron chi connectivity index (χ2n) is 3.97. The molecule has 0 bridgehead atoms. The third-order valence-electron chi connectivity index (χ3n) is 2.42. The van der Waals surface area contributed by atoms with Gasteiger partial charge in [-0.1, -0.05) is 0 Å². The molecule has 2 heterocycles. The highest BCUT2D eigenvalue weighted by molar-refractivity contribution is 5.39. The van der Waals surface area contributed by atoms with E-state index in [9.17, 15) is 0 Å². The second-order valence-corrected chi connectivity index (χ2v) is 3.97. The fourth-order valence-corrected chi connectivity index (χ4v) is 1.52. The number of rotatable bonds is 6. The smallest absolute Gasteiger partial charge is 0.222 e. The summed E-state index contributed by atoms with van der Waals surface area (Å²) in [6.45, 7) is 3.69. The van der Waals surface area contributed by atoms with E-state index in [4.69, 9.17) is 0 Å². The Balaban J connectivity index is 1.65. The minimum atomic E-state index is 0.691. The molecule has 0 spiro atoms. The SMILES string of the molecule is Cc1ccnc(NCCCNc2cccnc2)n1. The minimum absolute atomic E-state index is 0.691. The van der Waals surface area contributed by atoms with Crippen molar-refractivity contribution in [2.24, 2.45) is 0 Å². The average molecular weight is 243 g/mol. The Bertz CT molecular complexity index is 472. The number of nitrogens with one attached hydrogen (secondary N) is 2. The quantitative estimate of drug-likeness (QED) is 0.761. The van der Waals surface area contributed by atoms with Crippen LogP contribution in [-0.4, -0.2) is 28.0 Å². The molecule has 2 N–H and O–H groups in total. The normalized spacial score (nSPS) is 10.1. The van der Waals surface area contributed by atoms with Gasteiger partial charge in [0.05, 0.1) is 5.69 Å². The Morgan fingerprint density at radius 3 is 2.78 bits per heavy atom. The molecule has 5 heteroatoms. The standard InChI is InChI=1S/C13H17N5/c1-11-5-9-17-13(18-11)16-8-3-7-15-12-4-2-6-14-10-12/h2,4-6,9-10,15H,3,7-8H2,1H3,(H,16,17,18). The summed E-state index contributed by atoms with van der Waals surface area (Å²) in [7, 11) is 0. The van der Waals surface area contributed by atoms with Gasteiger partial charge in [-0.25, -0.2) is 9.97 Å². The number of aromatic nitrogens is 3. The van der Waals surface area contributed by atoms with Gasteiger partial charge in [0.2, 0.25) is 5.95 Å². The molecular formula is C13H17N5. The lowest BCUT2D eigenvalue weighted by molar-refractivity contribution is 0.891. The van der Waals surface area contributed by atoms with E-state index in [1.807, 2.05) is 31.3 Å². The maximum absolute atomic E-state index is 4.28. The molecule has 18 heavy (non-hydrogen) atoms. The van der Waals surface area contributed by atoms with Crippen LogP contribution in [0, 0.1) is 6.92 Å². The van der Waals surface area contributed by atoms with Crippen LogP contribution in [0.15, 0.2) is 36.8 Å². The zero-order valence-electron chi connectivity index (χ0n) is 10.4. The van der Waals surface area contributed by atoms with Crippen molar-refractivity contribution in [3.8, 4) is 0 Å². The summed E-state index contributed by atoms with van der Waals surface area (Å²) in [5.41, 5.74) is 2.02. The van der Waals surface area contributed by atoms with Crippen molar-refractivity contribution >= 4 is 11.6 Å². The van der Waals surface area contributed by atoms with Crippen LogP contribution < -0.4 is 10.6 Å². The summed E-state index contributed by atoms with van der Waals surface area (Å²) >= 11 is 0. The Morgan fingerprint density at radius 1 is 1.11 bits per heavy atom. The van der Waals surface area contributed by atoms with Crippen molar-refractivity contribution in [1.82, 2.24) is 15.0 Å². The summed E-state index contributed by atoms with van der Waals surface area (Å²) in [5, 5.41) is 6.49. The van der Waals surface area contributed by atoms with Crippen LogP contribution >= 0.6 is 0 Å². The van der Waals surface area contributed by atoms with Crippen molar-refractivity contribution in [3.05, 3.63) is 42.5 Å². The zero-order valence-corrected chi connectivity index (χ0v) is 10.4. The van der Waals surface area contributed by atoms with E-state index in [1.54, 1.807) is 12.4 Å². The molecule has 2 rings (SSSR count). The molecule has 0 aliphatic carbocycles. The topological polar surface area (TPSA) is 62.7 Å². The Labute approximate surface area is 107 Å². The van der Waals surface area contributed by atoms with Gasteiger partial charge in [-0.2, -0.15) is 0 Å². The minimum Gasteiger partial charge on any atom is -0.384 e. The average Bonchev–Trinajstić information content (AvgIpc) is 2.40. The van der Waals surface area contributed by atoms with Gasteiger partial charge in [-0.3, -0.25) is 4.98 Å². The van der Waals surface area contributed by atoms with E-state index in [-0.39, 0.29) is 0 Å². The molecule has 0 aliphatic rings. The molecule has 0 saturated heterocycles. The van der Waals surface area contributed by atoms with Gasteiger partial charge in [0.15, 0.2) is 0 Å². The van der Waals surface area contributed by atoms with E-state index < -0.39 is 0 Å². The molecular weight excluding hydrogens is 226 g/mol. The maximum Gasteiger partial charge on any atom is 0.222 e. The lowest BCUT2D eigenvalue weighted by atomic mass is 10.3. The van der Waals surface area contributed by atoms with Crippen LogP contribution in [0.2, 0.25) is 0 Å². The van der Waals surface area contributed by atoms with Gasteiger partial charge in [0.1, 0.15) is 0 Å². The predicted molar refractivity (Wildman–Crippen MR) is 72.6 cm³/mol. The Kier molecular flexibility index (Phi) is 4.46. The third kappa shape index (κ3) is 4.01. The number of hydrogen-bond acceptors (Lipinski definition) is 5. The first kappa shape index (κ1) is 12.3. The zero-order chi connectivity index (χ0) is 12.6. The van der Waals surface area contributed by atoms with Crippen LogP contribution in [0.4, 0.5) is 11.6 Å². The van der Waals surface area contributed by atoms with Gasteiger partial charge < -0.3 is 10.6 Å². The van der Waals surface area contributed by atoms with Crippen molar-refractivity contribution in [3.63, 3.8) is 0 Å². The first-order chi connectivity index (χ1) is 8.84. The number of anilines is 2. The summed E-state index contributed by atoms with van der Waals surface area (Å²) in [5.74, 6) is 0.691. The first-order valence-corrected chi connectivity index (χ1v) is 6.02. The summed E-state index contributed by atoms with van der Waals surface area (Å²) < 4.78 is 0. The monoisotopic (exact) mass is 243 g/mol. The number of aryl methyl sites for hydroxylation is 1. The van der Waals surface area contributed by atoms with E-state index >= 15 is 0 Å². The summed E-state index contributed by atoms with van der Waals surface area (Å²) in [4.78, 5) is 12.5. The van der Waals surface area contributed by atoms with Gasteiger partial charge in [-0.05, 0) is 31.5 Å². The van der Waals surface area contributed by atoms with E-state index in [0.29, 0.717) is 5.95 Å². The summed E-state index contributed by atoms with van der Waals surface area (Å²) in [6.07, 6.45) is 6.34. The molecule has 0 aliphatic heterocycles. The molecule has 2 aromatic heterocycles. The van der Waals surface area contributed by atoms with Gasteiger partial charge >= 0.3 is 0 Å². The van der Waals surface area contributed by atoms with Crippen molar-refractivity contribution in [2.45, 2.75) is 13.3 Å². The highest BCUT2D eigenvalue weighted by Gasteiger charge is 1.95. The summed E-state index contributed by atoms with van der Waals surface area (Å²) in [6, 6.07) is 5.81. The molecule has 0 radical (unpaired) electrons. The highest BCUT2D eigenvalue weighted by atomic mass is 15.1. The van der Waals surface area contributed by atoms with Crippen LogP contribution in [-0.2, 0) is 0 Å². The fraction of sp³-hybridized carbons (Fsp3) is 0.308. The second kappa shape index (κ2) is 6.54. The number of nitrogens with zero attached hydrogens (tertiary/aromatic N) is 3. The lowest BCUT2D eigenvalue weighted by Gasteiger charge is -2.07. The molecule has 2 aromatic rings. The van der Waals surface area contributed by atoms with Crippen LogP contribution in [0.3, 0.4) is 0 Å². The number of pyridine rings is 1.